The molecule has 1 aliphatic rings. The summed E-state index contributed by atoms with van der Waals surface area (Å²) >= 11 is 0. The van der Waals surface area contributed by atoms with E-state index >= 15 is 0 Å². The van der Waals surface area contributed by atoms with Crippen molar-refractivity contribution in [3.05, 3.63) is 12.2 Å². The largest absolute Gasteiger partial charge is 0.394 e. The molecule has 0 radical (unpaired) electrons. The van der Waals surface area contributed by atoms with E-state index in [2.05, 4.69) is 24.4 Å². The molecule has 1 rings (SSSR count). The molecule has 1 amide bonds. The van der Waals surface area contributed by atoms with Crippen molar-refractivity contribution in [3.63, 3.8) is 0 Å². The average Bonchev–Trinajstić information content (AvgIpc) is 2.80. The van der Waals surface area contributed by atoms with E-state index in [1.807, 2.05) is 0 Å². The zero-order valence-corrected chi connectivity index (χ0v) is 20.9. The van der Waals surface area contributed by atoms with Crippen LogP contribution in [0.3, 0.4) is 0 Å². The molecule has 0 aliphatic carbocycles. The molecule has 4 N–H and O–H groups in total. The molecule has 7 nitrogen and oxygen atoms in total. The first-order valence-electron chi connectivity index (χ1n) is 13.2. The molecule has 0 unspecified atom stereocenters. The quantitative estimate of drug-likeness (QED) is 0.168. The maximum atomic E-state index is 11.4. The van der Waals surface area contributed by atoms with Gasteiger partial charge in [0.1, 0.15) is 24.4 Å². The highest BCUT2D eigenvalue weighted by molar-refractivity contribution is 5.73. The van der Waals surface area contributed by atoms with E-state index < -0.39 is 37.3 Å². The summed E-state index contributed by atoms with van der Waals surface area (Å²) in [4.78, 5) is 11.4. The smallest absolute Gasteiger partial charge is 0.217 e. The van der Waals surface area contributed by atoms with Crippen LogP contribution < -0.4 is 5.32 Å². The van der Waals surface area contributed by atoms with Gasteiger partial charge in [0, 0.05) is 13.5 Å². The summed E-state index contributed by atoms with van der Waals surface area (Å²) in [5, 5.41) is 32.2. The Bertz CT molecular complexity index is 515. The third-order valence-electron chi connectivity index (χ3n) is 6.19. The van der Waals surface area contributed by atoms with E-state index in [0.29, 0.717) is 6.61 Å². The highest BCUT2D eigenvalue weighted by atomic mass is 16.7. The molecule has 1 aliphatic heterocycles. The number of allylic oxidation sites excluding steroid dienone is 2. The zero-order valence-electron chi connectivity index (χ0n) is 20.9. The Hall–Kier alpha value is -0.990. The van der Waals surface area contributed by atoms with E-state index in [-0.39, 0.29) is 5.91 Å². The maximum absolute atomic E-state index is 11.4. The molecule has 0 spiro atoms. The number of ether oxygens (including phenoxy) is 2. The lowest BCUT2D eigenvalue weighted by Gasteiger charge is -2.42. The average molecular weight is 472 g/mol. The van der Waals surface area contributed by atoms with Crippen LogP contribution >= 0.6 is 0 Å². The lowest BCUT2D eigenvalue weighted by atomic mass is 9.97. The number of rotatable bonds is 19. The summed E-state index contributed by atoms with van der Waals surface area (Å²) in [6, 6.07) is -0.866. The number of aliphatic hydroxyl groups is 3. The van der Waals surface area contributed by atoms with Crippen LogP contribution in [0.5, 0.6) is 0 Å². The molecule has 5 atom stereocenters. The van der Waals surface area contributed by atoms with Crippen LogP contribution in [0.4, 0.5) is 0 Å². The monoisotopic (exact) mass is 471 g/mol. The molecule has 33 heavy (non-hydrogen) atoms. The Balaban J connectivity index is 2.05. The molecule has 0 aromatic heterocycles. The topological polar surface area (TPSA) is 108 Å². The molecule has 1 saturated heterocycles. The third-order valence-corrected chi connectivity index (χ3v) is 6.19. The summed E-state index contributed by atoms with van der Waals surface area (Å²) in [6.45, 7) is 3.59. The van der Waals surface area contributed by atoms with Gasteiger partial charge < -0.3 is 30.1 Å². The van der Waals surface area contributed by atoms with Crippen molar-refractivity contribution in [1.29, 1.82) is 0 Å². The molecular formula is C26H49NO6. The third kappa shape index (κ3) is 13.5. The van der Waals surface area contributed by atoms with Crippen LogP contribution in [0.1, 0.15) is 104 Å². The van der Waals surface area contributed by atoms with E-state index in [9.17, 15) is 20.1 Å². The van der Waals surface area contributed by atoms with Crippen molar-refractivity contribution in [2.45, 2.75) is 134 Å². The Morgan fingerprint density at radius 3 is 1.97 bits per heavy atom. The number of carbonyl (C=O) groups excluding carboxylic acids is 1. The fraction of sp³-hybridized carbons (Fsp3) is 0.885. The standard InChI is InChI=1S/C26H49NO6/c1-3-4-5-6-7-8-9-10-11-12-13-14-15-16-17-18-19-32-26-23(27-21(2)29)25(31)24(30)22(20-28)33-26/h10-11,22-26,28,30-31H,3-9,12-20H2,1-2H3,(H,27,29)/t22-,23-,24-,25-,26+/m1/s1. The van der Waals surface area contributed by atoms with Gasteiger partial charge in [0.15, 0.2) is 6.29 Å². The summed E-state index contributed by atoms with van der Waals surface area (Å²) in [5.41, 5.74) is 0. The minimum absolute atomic E-state index is 0.344. The van der Waals surface area contributed by atoms with Crippen molar-refractivity contribution < 1.29 is 29.6 Å². The molecule has 194 valence electrons. The van der Waals surface area contributed by atoms with Gasteiger partial charge in [0.2, 0.25) is 5.91 Å². The highest BCUT2D eigenvalue weighted by Gasteiger charge is 2.45. The van der Waals surface area contributed by atoms with Gasteiger partial charge in [0.05, 0.1) is 6.61 Å². The fourth-order valence-corrected chi connectivity index (χ4v) is 4.16. The number of nitrogens with one attached hydrogen (secondary N) is 1. The molecule has 1 heterocycles. The van der Waals surface area contributed by atoms with Crippen LogP contribution in [0, 0.1) is 0 Å². The second-order valence-electron chi connectivity index (χ2n) is 9.24. The second-order valence-corrected chi connectivity index (χ2v) is 9.24. The zero-order chi connectivity index (χ0) is 24.3. The number of hydrogen-bond donors (Lipinski definition) is 4. The minimum atomic E-state index is -1.28. The van der Waals surface area contributed by atoms with Crippen molar-refractivity contribution in [2.24, 2.45) is 0 Å². The Labute approximate surface area is 200 Å². The van der Waals surface area contributed by atoms with Crippen molar-refractivity contribution in [2.75, 3.05) is 13.2 Å². The molecule has 1 fully saturated rings. The molecular weight excluding hydrogens is 422 g/mol. The fourth-order valence-electron chi connectivity index (χ4n) is 4.16. The maximum Gasteiger partial charge on any atom is 0.217 e. The van der Waals surface area contributed by atoms with Gasteiger partial charge >= 0.3 is 0 Å². The molecule has 0 aromatic rings. The number of carbonyl (C=O) groups is 1. The summed E-state index contributed by atoms with van der Waals surface area (Å²) in [5.74, 6) is -0.344. The Morgan fingerprint density at radius 2 is 1.42 bits per heavy atom. The minimum Gasteiger partial charge on any atom is -0.394 e. The summed E-state index contributed by atoms with van der Waals surface area (Å²) < 4.78 is 11.3. The van der Waals surface area contributed by atoms with Gasteiger partial charge in [-0.3, -0.25) is 4.79 Å². The van der Waals surface area contributed by atoms with Gasteiger partial charge in [-0.1, -0.05) is 76.9 Å². The summed E-state index contributed by atoms with van der Waals surface area (Å²) in [6.07, 6.45) is 17.5. The van der Waals surface area contributed by atoms with E-state index in [0.717, 1.165) is 19.3 Å². The van der Waals surface area contributed by atoms with Gasteiger partial charge in [-0.05, 0) is 32.1 Å². The normalized spacial score (nSPS) is 25.5. The van der Waals surface area contributed by atoms with Gasteiger partial charge in [-0.25, -0.2) is 0 Å². The van der Waals surface area contributed by atoms with Crippen molar-refractivity contribution in [3.8, 4) is 0 Å². The number of unbranched alkanes of at least 4 members (excludes halogenated alkanes) is 12. The SMILES string of the molecule is CCCCCCCCC=CCCCCCCCCO[C@H]1O[C@H](CO)[C@@H](O)[C@H](O)[C@H]1NC(C)=O. The molecule has 0 saturated carbocycles. The Kier molecular flexibility index (Phi) is 17.6. The summed E-state index contributed by atoms with van der Waals surface area (Å²) in [7, 11) is 0. The molecule has 0 bridgehead atoms. The first kappa shape index (κ1) is 30.0. The van der Waals surface area contributed by atoms with E-state index in [4.69, 9.17) is 9.47 Å². The van der Waals surface area contributed by atoms with Gasteiger partial charge in [-0.15, -0.1) is 0 Å². The van der Waals surface area contributed by atoms with Crippen molar-refractivity contribution in [1.82, 2.24) is 5.32 Å². The lowest BCUT2D eigenvalue weighted by Crippen LogP contribution is -2.64. The van der Waals surface area contributed by atoms with Gasteiger partial charge in [0.25, 0.3) is 0 Å². The number of hydrogen-bond acceptors (Lipinski definition) is 6. The van der Waals surface area contributed by atoms with Crippen molar-refractivity contribution >= 4 is 5.91 Å². The molecule has 7 heteroatoms. The number of amides is 1. The molecule has 0 aromatic carbocycles. The number of aliphatic hydroxyl groups excluding tert-OH is 3. The van der Waals surface area contributed by atoms with Crippen LogP contribution in [0.25, 0.3) is 0 Å². The Morgan fingerprint density at radius 1 is 0.879 bits per heavy atom. The predicted octanol–water partition coefficient (Wildman–Crippen LogP) is 3.98. The highest BCUT2D eigenvalue weighted by Crippen LogP contribution is 2.22. The van der Waals surface area contributed by atoms with Crippen LogP contribution in [0.2, 0.25) is 0 Å². The van der Waals surface area contributed by atoms with Crippen LogP contribution in [-0.2, 0) is 14.3 Å². The van der Waals surface area contributed by atoms with Crippen LogP contribution in [-0.4, -0.2) is 65.1 Å². The first-order valence-corrected chi connectivity index (χ1v) is 13.2. The van der Waals surface area contributed by atoms with Crippen LogP contribution in [0.15, 0.2) is 12.2 Å². The predicted molar refractivity (Wildman–Crippen MR) is 131 cm³/mol. The van der Waals surface area contributed by atoms with Gasteiger partial charge in [-0.2, -0.15) is 0 Å². The van der Waals surface area contributed by atoms with E-state index in [1.54, 1.807) is 0 Å². The van der Waals surface area contributed by atoms with E-state index in [1.165, 1.54) is 77.6 Å². The second kappa shape index (κ2) is 19.3. The first-order chi connectivity index (χ1) is 16.0. The lowest BCUT2D eigenvalue weighted by molar-refractivity contribution is -0.270.